The highest BCUT2D eigenvalue weighted by Crippen LogP contribution is 2.11. The lowest BCUT2D eigenvalue weighted by atomic mass is 10.2. The van der Waals surface area contributed by atoms with Crippen molar-refractivity contribution < 1.29 is 4.39 Å². The molecular weight excluding hydrogens is 245 g/mol. The Morgan fingerprint density at radius 3 is 2.64 bits per heavy atom. The van der Waals surface area contributed by atoms with E-state index in [1.807, 2.05) is 19.2 Å². The summed E-state index contributed by atoms with van der Waals surface area (Å²) in [7, 11) is 2.00. The minimum atomic E-state index is -0.124. The molecule has 0 heterocycles. The molecule has 78 valence electrons. The van der Waals surface area contributed by atoms with Gasteiger partial charge in [-0.25, -0.2) is 4.39 Å². The number of hydrogen-bond acceptors (Lipinski definition) is 1. The van der Waals surface area contributed by atoms with Crippen LogP contribution in [0.15, 0.2) is 24.3 Å². The van der Waals surface area contributed by atoms with Gasteiger partial charge in [0, 0.05) is 23.5 Å². The molecule has 0 bridgehead atoms. The Labute approximate surface area is 93.0 Å². The molecule has 0 fully saturated rings. The van der Waals surface area contributed by atoms with Crippen molar-refractivity contribution >= 4 is 15.9 Å². The van der Waals surface area contributed by atoms with Gasteiger partial charge in [-0.1, -0.05) is 34.1 Å². The lowest BCUT2D eigenvalue weighted by Crippen LogP contribution is -2.29. The molecule has 0 N–H and O–H groups in total. The molecular formula is C11H15BrFN. The minimum absolute atomic E-state index is 0.124. The number of benzene rings is 1. The third-order valence-electron chi connectivity index (χ3n) is 2.35. The first-order valence-electron chi connectivity index (χ1n) is 4.64. The van der Waals surface area contributed by atoms with Crippen molar-refractivity contribution in [3.8, 4) is 0 Å². The van der Waals surface area contributed by atoms with E-state index in [2.05, 4.69) is 27.8 Å². The van der Waals surface area contributed by atoms with Crippen LogP contribution in [-0.2, 0) is 6.54 Å². The smallest absolute Gasteiger partial charge is 0.127 e. The van der Waals surface area contributed by atoms with Gasteiger partial charge in [-0.05, 0) is 20.0 Å². The van der Waals surface area contributed by atoms with Crippen molar-refractivity contribution in [3.63, 3.8) is 0 Å². The molecule has 1 aromatic rings. The second-order valence-electron chi connectivity index (χ2n) is 3.51. The fraction of sp³-hybridized carbons (Fsp3) is 0.455. The van der Waals surface area contributed by atoms with Crippen molar-refractivity contribution in [2.45, 2.75) is 19.5 Å². The highest BCUT2D eigenvalue weighted by molar-refractivity contribution is 9.09. The van der Waals surface area contributed by atoms with E-state index in [9.17, 15) is 4.39 Å². The predicted octanol–water partition coefficient (Wildman–Crippen LogP) is 3.04. The highest BCUT2D eigenvalue weighted by atomic mass is 79.9. The van der Waals surface area contributed by atoms with Gasteiger partial charge in [0.25, 0.3) is 0 Å². The number of halogens is 2. The zero-order valence-electron chi connectivity index (χ0n) is 8.50. The van der Waals surface area contributed by atoms with E-state index in [4.69, 9.17) is 0 Å². The second-order valence-corrected chi connectivity index (χ2v) is 4.16. The molecule has 1 aromatic carbocycles. The van der Waals surface area contributed by atoms with Gasteiger partial charge in [0.1, 0.15) is 5.82 Å². The Balaban J connectivity index is 2.64. The maximum atomic E-state index is 13.3. The normalized spacial score (nSPS) is 13.2. The fourth-order valence-corrected chi connectivity index (χ4v) is 1.66. The molecule has 0 radical (unpaired) electrons. The van der Waals surface area contributed by atoms with Gasteiger partial charge in [0.15, 0.2) is 0 Å². The topological polar surface area (TPSA) is 3.24 Å². The Kier molecular flexibility index (Phi) is 4.55. The van der Waals surface area contributed by atoms with Crippen LogP contribution in [0.5, 0.6) is 0 Å². The first-order valence-corrected chi connectivity index (χ1v) is 5.77. The molecule has 3 heteroatoms. The zero-order chi connectivity index (χ0) is 10.6. The van der Waals surface area contributed by atoms with Crippen LogP contribution in [-0.4, -0.2) is 23.3 Å². The van der Waals surface area contributed by atoms with Crippen molar-refractivity contribution in [3.05, 3.63) is 35.6 Å². The van der Waals surface area contributed by atoms with Gasteiger partial charge >= 0.3 is 0 Å². The lowest BCUT2D eigenvalue weighted by molar-refractivity contribution is 0.267. The van der Waals surface area contributed by atoms with E-state index in [1.165, 1.54) is 6.07 Å². The quantitative estimate of drug-likeness (QED) is 0.752. The summed E-state index contributed by atoms with van der Waals surface area (Å²) in [4.78, 5) is 2.12. The fourth-order valence-electron chi connectivity index (χ4n) is 1.17. The number of nitrogens with zero attached hydrogens (tertiary/aromatic N) is 1. The van der Waals surface area contributed by atoms with E-state index in [0.29, 0.717) is 12.6 Å². The average molecular weight is 260 g/mol. The number of rotatable bonds is 4. The van der Waals surface area contributed by atoms with Gasteiger partial charge in [-0.3, -0.25) is 4.90 Å². The molecule has 0 aliphatic heterocycles. The highest BCUT2D eigenvalue weighted by Gasteiger charge is 2.09. The minimum Gasteiger partial charge on any atom is -0.299 e. The zero-order valence-corrected chi connectivity index (χ0v) is 10.1. The van der Waals surface area contributed by atoms with Gasteiger partial charge in [0.2, 0.25) is 0 Å². The first kappa shape index (κ1) is 11.7. The van der Waals surface area contributed by atoms with E-state index in [-0.39, 0.29) is 5.82 Å². The third kappa shape index (κ3) is 3.07. The molecule has 0 saturated carbocycles. The summed E-state index contributed by atoms with van der Waals surface area (Å²) in [6.07, 6.45) is 0. The largest absolute Gasteiger partial charge is 0.299 e. The maximum Gasteiger partial charge on any atom is 0.127 e. The first-order chi connectivity index (χ1) is 6.65. The Morgan fingerprint density at radius 2 is 2.07 bits per heavy atom. The van der Waals surface area contributed by atoms with Crippen LogP contribution >= 0.6 is 15.9 Å². The molecule has 0 aliphatic rings. The van der Waals surface area contributed by atoms with Crippen LogP contribution in [0, 0.1) is 5.82 Å². The third-order valence-corrected chi connectivity index (χ3v) is 3.29. The van der Waals surface area contributed by atoms with Crippen molar-refractivity contribution in [1.82, 2.24) is 4.90 Å². The molecule has 1 rings (SSSR count). The van der Waals surface area contributed by atoms with Gasteiger partial charge in [0.05, 0.1) is 0 Å². The number of alkyl halides is 1. The summed E-state index contributed by atoms with van der Waals surface area (Å²) in [6, 6.07) is 7.32. The van der Waals surface area contributed by atoms with Crippen LogP contribution in [0.3, 0.4) is 0 Å². The van der Waals surface area contributed by atoms with Crippen molar-refractivity contribution in [1.29, 1.82) is 0 Å². The summed E-state index contributed by atoms with van der Waals surface area (Å²) in [5.74, 6) is -0.124. The monoisotopic (exact) mass is 259 g/mol. The van der Waals surface area contributed by atoms with Crippen LogP contribution in [0.4, 0.5) is 4.39 Å². The molecule has 14 heavy (non-hydrogen) atoms. The molecule has 1 unspecified atom stereocenters. The SMILES string of the molecule is CC(CBr)N(C)Cc1ccccc1F. The average Bonchev–Trinajstić information content (AvgIpc) is 2.20. The van der Waals surface area contributed by atoms with E-state index in [0.717, 1.165) is 10.9 Å². The van der Waals surface area contributed by atoms with Gasteiger partial charge < -0.3 is 0 Å². The molecule has 1 nitrogen and oxygen atoms in total. The molecule has 1 atom stereocenters. The van der Waals surface area contributed by atoms with E-state index < -0.39 is 0 Å². The number of hydrogen-bond donors (Lipinski definition) is 0. The maximum absolute atomic E-state index is 13.3. The van der Waals surface area contributed by atoms with E-state index >= 15 is 0 Å². The Morgan fingerprint density at radius 1 is 1.43 bits per heavy atom. The van der Waals surface area contributed by atoms with Crippen LogP contribution in [0.1, 0.15) is 12.5 Å². The Hall–Kier alpha value is -0.410. The molecule has 0 aromatic heterocycles. The van der Waals surface area contributed by atoms with Crippen molar-refractivity contribution in [2.24, 2.45) is 0 Å². The summed E-state index contributed by atoms with van der Waals surface area (Å²) in [6.45, 7) is 2.76. The summed E-state index contributed by atoms with van der Waals surface area (Å²) < 4.78 is 13.3. The predicted molar refractivity (Wildman–Crippen MR) is 61.1 cm³/mol. The summed E-state index contributed by atoms with van der Waals surface area (Å²) >= 11 is 3.41. The molecule has 0 spiro atoms. The summed E-state index contributed by atoms with van der Waals surface area (Å²) in [5, 5.41) is 0.901. The molecule has 0 aliphatic carbocycles. The van der Waals surface area contributed by atoms with Crippen LogP contribution < -0.4 is 0 Å². The van der Waals surface area contributed by atoms with Crippen LogP contribution in [0.2, 0.25) is 0 Å². The van der Waals surface area contributed by atoms with Gasteiger partial charge in [-0.2, -0.15) is 0 Å². The van der Waals surface area contributed by atoms with Crippen LogP contribution in [0.25, 0.3) is 0 Å². The lowest BCUT2D eigenvalue weighted by Gasteiger charge is -2.22. The standard InChI is InChI=1S/C11H15BrFN/c1-9(7-12)14(2)8-10-5-3-4-6-11(10)13/h3-6,9H,7-8H2,1-2H3. The molecule has 0 amide bonds. The summed E-state index contributed by atoms with van der Waals surface area (Å²) in [5.41, 5.74) is 0.753. The van der Waals surface area contributed by atoms with E-state index in [1.54, 1.807) is 6.07 Å². The second kappa shape index (κ2) is 5.47. The van der Waals surface area contributed by atoms with Crippen molar-refractivity contribution in [2.75, 3.05) is 12.4 Å². The van der Waals surface area contributed by atoms with Gasteiger partial charge in [-0.15, -0.1) is 0 Å². The Bertz CT molecular complexity index is 290. The molecule has 0 saturated heterocycles.